The summed E-state index contributed by atoms with van der Waals surface area (Å²) in [5.41, 5.74) is 5.32. The van der Waals surface area contributed by atoms with Crippen molar-refractivity contribution in [3.63, 3.8) is 0 Å². The summed E-state index contributed by atoms with van der Waals surface area (Å²) >= 11 is 1.66. The lowest BCUT2D eigenvalue weighted by Gasteiger charge is -2.18. The molecule has 0 radical (unpaired) electrons. The lowest BCUT2D eigenvalue weighted by molar-refractivity contribution is 0.0958. The third kappa shape index (κ3) is 3.73. The van der Waals surface area contributed by atoms with Crippen LogP contribution in [-0.2, 0) is 12.8 Å². The van der Waals surface area contributed by atoms with Gasteiger partial charge in [-0.25, -0.2) is 5.43 Å². The zero-order valence-electron chi connectivity index (χ0n) is 12.8. The van der Waals surface area contributed by atoms with Crippen LogP contribution < -0.4 is 5.43 Å². The summed E-state index contributed by atoms with van der Waals surface area (Å²) in [5.74, 6) is 0.672. The van der Waals surface area contributed by atoms with E-state index in [2.05, 4.69) is 23.5 Å². The average Bonchev–Trinajstić information content (AvgIpc) is 2.76. The Labute approximate surface area is 130 Å². The van der Waals surface area contributed by atoms with E-state index in [0.717, 1.165) is 36.3 Å². The first-order valence-corrected chi connectivity index (χ1v) is 9.01. The molecule has 1 aromatic heterocycles. The normalized spacial score (nSPS) is 24.4. The Hall–Kier alpha value is -1.16. The Kier molecular flexibility index (Phi) is 4.73. The molecule has 0 unspecified atom stereocenters. The zero-order chi connectivity index (χ0) is 14.7. The molecule has 0 saturated heterocycles. The summed E-state index contributed by atoms with van der Waals surface area (Å²) < 4.78 is 0. The molecule has 2 aliphatic carbocycles. The highest BCUT2D eigenvalue weighted by Crippen LogP contribution is 2.29. The van der Waals surface area contributed by atoms with Crippen LogP contribution in [0.25, 0.3) is 0 Å². The smallest absolute Gasteiger partial charge is 0.266 e. The van der Waals surface area contributed by atoms with Crippen molar-refractivity contribution in [2.24, 2.45) is 11.0 Å². The lowest BCUT2D eigenvalue weighted by Crippen LogP contribution is -2.21. The highest BCUT2D eigenvalue weighted by molar-refractivity contribution is 7.14. The molecule has 0 bridgehead atoms. The number of nitrogens with one attached hydrogen (secondary N) is 1. The van der Waals surface area contributed by atoms with Gasteiger partial charge in [-0.05, 0) is 68.9 Å². The van der Waals surface area contributed by atoms with E-state index in [1.807, 2.05) is 0 Å². The number of hydrogen-bond acceptors (Lipinski definition) is 3. The van der Waals surface area contributed by atoms with Gasteiger partial charge in [-0.1, -0.05) is 13.3 Å². The summed E-state index contributed by atoms with van der Waals surface area (Å²) in [6, 6.07) is 2.09. The van der Waals surface area contributed by atoms with Crippen molar-refractivity contribution in [1.29, 1.82) is 0 Å². The van der Waals surface area contributed by atoms with Gasteiger partial charge in [0.2, 0.25) is 0 Å². The van der Waals surface area contributed by atoms with Crippen molar-refractivity contribution < 1.29 is 4.79 Å². The Morgan fingerprint density at radius 3 is 2.95 bits per heavy atom. The maximum absolute atomic E-state index is 12.3. The standard InChI is InChI=1S/C17H24N2OS/c1-12-6-5-8-14(10-12)18-19-17(20)16-11-13-7-3-2-4-9-15(13)21-16/h11-12H,2-10H2,1H3,(H,19,20)/b18-14+/t12-/m1/s1. The van der Waals surface area contributed by atoms with Crippen LogP contribution in [0.1, 0.15) is 72.0 Å². The van der Waals surface area contributed by atoms with Crippen molar-refractivity contribution >= 4 is 23.0 Å². The van der Waals surface area contributed by atoms with Crippen LogP contribution in [0.5, 0.6) is 0 Å². The van der Waals surface area contributed by atoms with Gasteiger partial charge in [0.25, 0.3) is 5.91 Å². The maximum atomic E-state index is 12.3. The first-order chi connectivity index (χ1) is 10.2. The fourth-order valence-corrected chi connectivity index (χ4v) is 4.47. The third-order valence-electron chi connectivity index (χ3n) is 4.53. The number of amides is 1. The molecule has 1 saturated carbocycles. The highest BCUT2D eigenvalue weighted by Gasteiger charge is 2.17. The van der Waals surface area contributed by atoms with Crippen LogP contribution >= 0.6 is 11.3 Å². The molecule has 114 valence electrons. The molecule has 1 heterocycles. The van der Waals surface area contributed by atoms with Crippen LogP contribution in [-0.4, -0.2) is 11.6 Å². The molecular weight excluding hydrogens is 280 g/mol. The first kappa shape index (κ1) is 14.8. The number of hydrogen-bond donors (Lipinski definition) is 1. The van der Waals surface area contributed by atoms with Crippen LogP contribution in [0.4, 0.5) is 0 Å². The van der Waals surface area contributed by atoms with Crippen LogP contribution in [0.15, 0.2) is 11.2 Å². The second-order valence-corrected chi connectivity index (χ2v) is 7.58. The van der Waals surface area contributed by atoms with Gasteiger partial charge in [-0.2, -0.15) is 5.10 Å². The van der Waals surface area contributed by atoms with E-state index < -0.39 is 0 Å². The number of nitrogens with zero attached hydrogens (tertiary/aromatic N) is 1. The third-order valence-corrected chi connectivity index (χ3v) is 5.77. The topological polar surface area (TPSA) is 41.5 Å². The molecule has 0 aliphatic heterocycles. The molecule has 0 aromatic carbocycles. The van der Waals surface area contributed by atoms with Crippen LogP contribution in [0.2, 0.25) is 0 Å². The number of aryl methyl sites for hydroxylation is 2. The summed E-state index contributed by atoms with van der Waals surface area (Å²) in [4.78, 5) is 14.5. The Morgan fingerprint density at radius 2 is 2.10 bits per heavy atom. The number of thiophene rings is 1. The molecule has 21 heavy (non-hydrogen) atoms. The summed E-state index contributed by atoms with van der Waals surface area (Å²) in [7, 11) is 0. The molecule has 4 heteroatoms. The molecular formula is C17H24N2OS. The van der Waals surface area contributed by atoms with Crippen LogP contribution in [0.3, 0.4) is 0 Å². The summed E-state index contributed by atoms with van der Waals surface area (Å²) in [5, 5.41) is 4.36. The summed E-state index contributed by atoms with van der Waals surface area (Å²) in [6.45, 7) is 2.26. The molecule has 2 aliphatic rings. The molecule has 1 atom stereocenters. The number of hydrazone groups is 1. The Bertz CT molecular complexity index is 523. The van der Waals surface area contributed by atoms with E-state index >= 15 is 0 Å². The quantitative estimate of drug-likeness (QED) is 0.642. The van der Waals surface area contributed by atoms with Crippen molar-refractivity contribution in [3.05, 3.63) is 21.4 Å². The van der Waals surface area contributed by atoms with Gasteiger partial charge in [0.1, 0.15) is 0 Å². The predicted molar refractivity (Wildman–Crippen MR) is 88.1 cm³/mol. The zero-order valence-corrected chi connectivity index (χ0v) is 13.6. The largest absolute Gasteiger partial charge is 0.281 e. The second kappa shape index (κ2) is 6.73. The molecule has 3 rings (SSSR count). The molecule has 1 N–H and O–H groups in total. The fraction of sp³-hybridized carbons (Fsp3) is 0.647. The van der Waals surface area contributed by atoms with Crippen molar-refractivity contribution in [2.75, 3.05) is 0 Å². The number of fused-ring (bicyclic) bond motifs is 1. The number of rotatable bonds is 2. The van der Waals surface area contributed by atoms with E-state index in [-0.39, 0.29) is 5.91 Å². The van der Waals surface area contributed by atoms with Gasteiger partial charge in [-0.15, -0.1) is 11.3 Å². The lowest BCUT2D eigenvalue weighted by atomic mass is 9.89. The average molecular weight is 304 g/mol. The number of carbonyl (C=O) groups is 1. The Morgan fingerprint density at radius 1 is 1.24 bits per heavy atom. The minimum atomic E-state index is -0.0289. The molecule has 0 spiro atoms. The van der Waals surface area contributed by atoms with Gasteiger partial charge >= 0.3 is 0 Å². The number of carbonyl (C=O) groups excluding carboxylic acids is 1. The molecule has 1 amide bonds. The van der Waals surface area contributed by atoms with Crippen molar-refractivity contribution in [3.8, 4) is 0 Å². The minimum absolute atomic E-state index is 0.0289. The van der Waals surface area contributed by atoms with E-state index in [9.17, 15) is 4.79 Å². The monoisotopic (exact) mass is 304 g/mol. The van der Waals surface area contributed by atoms with Crippen LogP contribution in [0, 0.1) is 5.92 Å². The fourth-order valence-electron chi connectivity index (χ4n) is 3.33. The highest BCUT2D eigenvalue weighted by atomic mass is 32.1. The van der Waals surface area contributed by atoms with E-state index in [1.165, 1.54) is 42.5 Å². The second-order valence-electron chi connectivity index (χ2n) is 6.44. The van der Waals surface area contributed by atoms with Gasteiger partial charge in [-0.3, -0.25) is 4.79 Å². The van der Waals surface area contributed by atoms with E-state index in [4.69, 9.17) is 0 Å². The first-order valence-electron chi connectivity index (χ1n) is 8.19. The maximum Gasteiger partial charge on any atom is 0.281 e. The predicted octanol–water partition coefficient (Wildman–Crippen LogP) is 4.31. The SMILES string of the molecule is C[C@@H]1CCC/C(=N\NC(=O)c2cc3c(s2)CCCCC3)C1. The molecule has 1 aromatic rings. The summed E-state index contributed by atoms with van der Waals surface area (Å²) in [6.07, 6.45) is 10.6. The molecule has 1 fully saturated rings. The Balaban J connectivity index is 1.64. The molecule has 3 nitrogen and oxygen atoms in total. The van der Waals surface area contributed by atoms with Gasteiger partial charge in [0, 0.05) is 10.6 Å². The van der Waals surface area contributed by atoms with E-state index in [1.54, 1.807) is 11.3 Å². The van der Waals surface area contributed by atoms with Crippen molar-refractivity contribution in [1.82, 2.24) is 5.43 Å². The minimum Gasteiger partial charge on any atom is -0.266 e. The van der Waals surface area contributed by atoms with E-state index in [0.29, 0.717) is 5.92 Å². The van der Waals surface area contributed by atoms with Gasteiger partial charge in [0.05, 0.1) is 4.88 Å². The van der Waals surface area contributed by atoms with Gasteiger partial charge in [0.15, 0.2) is 0 Å². The van der Waals surface area contributed by atoms with Gasteiger partial charge < -0.3 is 0 Å². The van der Waals surface area contributed by atoms with Crippen molar-refractivity contribution in [2.45, 2.75) is 64.7 Å².